The predicted octanol–water partition coefficient (Wildman–Crippen LogP) is 3.66. The molecule has 1 atom stereocenters. The Hall–Kier alpha value is -0.930. The molecule has 1 aromatic rings. The van der Waals surface area contributed by atoms with Gasteiger partial charge in [0.1, 0.15) is 5.82 Å². The molecule has 1 rings (SSSR count). The average molecular weight is 281 g/mol. The minimum atomic E-state index is -0.170. The summed E-state index contributed by atoms with van der Waals surface area (Å²) in [5, 5.41) is 3.23. The number of rotatable bonds is 10. The molecule has 0 aliphatic heterocycles. The molecule has 0 amide bonds. The lowest BCUT2D eigenvalue weighted by atomic mass is 9.96. The van der Waals surface area contributed by atoms with Gasteiger partial charge >= 0.3 is 0 Å². The van der Waals surface area contributed by atoms with Crippen molar-refractivity contribution in [3.8, 4) is 0 Å². The van der Waals surface area contributed by atoms with Crippen LogP contribution in [0.15, 0.2) is 24.3 Å². The van der Waals surface area contributed by atoms with Crippen LogP contribution in [0.2, 0.25) is 0 Å². The molecule has 0 saturated heterocycles. The van der Waals surface area contributed by atoms with E-state index in [1.54, 1.807) is 0 Å². The lowest BCUT2D eigenvalue weighted by molar-refractivity contribution is 0.110. The van der Waals surface area contributed by atoms with Crippen molar-refractivity contribution < 1.29 is 9.13 Å². The summed E-state index contributed by atoms with van der Waals surface area (Å²) in [6.07, 6.45) is 3.12. The summed E-state index contributed by atoms with van der Waals surface area (Å²) in [7, 11) is 1.97. The van der Waals surface area contributed by atoms with Crippen LogP contribution in [-0.2, 0) is 11.2 Å². The van der Waals surface area contributed by atoms with Gasteiger partial charge in [-0.2, -0.15) is 0 Å². The third-order valence-electron chi connectivity index (χ3n) is 3.44. The first kappa shape index (κ1) is 17.1. The van der Waals surface area contributed by atoms with E-state index in [1.807, 2.05) is 19.2 Å². The second kappa shape index (κ2) is 9.89. The highest BCUT2D eigenvalue weighted by Gasteiger charge is 2.09. The summed E-state index contributed by atoms with van der Waals surface area (Å²) in [6.45, 7) is 7.04. The van der Waals surface area contributed by atoms with Crippen LogP contribution in [0.5, 0.6) is 0 Å². The predicted molar refractivity (Wildman–Crippen MR) is 82.4 cm³/mol. The van der Waals surface area contributed by atoms with Crippen molar-refractivity contribution in [3.63, 3.8) is 0 Å². The fraction of sp³-hybridized carbons (Fsp3) is 0.647. The van der Waals surface area contributed by atoms with Crippen LogP contribution in [0.3, 0.4) is 0 Å². The van der Waals surface area contributed by atoms with E-state index in [9.17, 15) is 4.39 Å². The third-order valence-corrected chi connectivity index (χ3v) is 3.44. The van der Waals surface area contributed by atoms with Gasteiger partial charge in [0.25, 0.3) is 0 Å². The average Bonchev–Trinajstić information content (AvgIpc) is 2.40. The zero-order chi connectivity index (χ0) is 14.8. The van der Waals surface area contributed by atoms with Crippen molar-refractivity contribution >= 4 is 0 Å². The molecule has 20 heavy (non-hydrogen) atoms. The minimum Gasteiger partial charge on any atom is -0.381 e. The first-order valence-corrected chi connectivity index (χ1v) is 7.58. The lowest BCUT2D eigenvalue weighted by Gasteiger charge is -2.17. The molecule has 0 heterocycles. The molecular formula is C17H28FNO. The SMILES string of the molecule is CNCC(CCOCCC(C)C)Cc1ccc(F)cc1. The van der Waals surface area contributed by atoms with Crippen LogP contribution in [0.25, 0.3) is 0 Å². The lowest BCUT2D eigenvalue weighted by Crippen LogP contribution is -2.22. The van der Waals surface area contributed by atoms with Crippen molar-refractivity contribution in [2.24, 2.45) is 11.8 Å². The highest BCUT2D eigenvalue weighted by Crippen LogP contribution is 2.13. The molecule has 0 spiro atoms. The second-order valence-electron chi connectivity index (χ2n) is 5.84. The number of nitrogens with one attached hydrogen (secondary N) is 1. The molecule has 0 bridgehead atoms. The van der Waals surface area contributed by atoms with Crippen molar-refractivity contribution in [1.82, 2.24) is 5.32 Å². The molecule has 0 radical (unpaired) electrons. The molecule has 0 aliphatic rings. The largest absolute Gasteiger partial charge is 0.381 e. The van der Waals surface area contributed by atoms with Gasteiger partial charge in [-0.3, -0.25) is 0 Å². The molecule has 2 nitrogen and oxygen atoms in total. The van der Waals surface area contributed by atoms with E-state index in [2.05, 4.69) is 19.2 Å². The Bertz CT molecular complexity index is 351. The standard InChI is InChI=1S/C17H28FNO/c1-14(2)8-10-20-11-9-16(13-19-3)12-15-4-6-17(18)7-5-15/h4-7,14,16,19H,8-13H2,1-3H3. The van der Waals surface area contributed by atoms with Gasteiger partial charge in [-0.05, 0) is 62.4 Å². The summed E-state index contributed by atoms with van der Waals surface area (Å²) in [4.78, 5) is 0. The van der Waals surface area contributed by atoms with E-state index in [-0.39, 0.29) is 5.82 Å². The highest BCUT2D eigenvalue weighted by atomic mass is 19.1. The van der Waals surface area contributed by atoms with Crippen LogP contribution in [0.1, 0.15) is 32.3 Å². The van der Waals surface area contributed by atoms with Crippen LogP contribution in [-0.4, -0.2) is 26.8 Å². The van der Waals surface area contributed by atoms with Gasteiger partial charge in [0.2, 0.25) is 0 Å². The van der Waals surface area contributed by atoms with Gasteiger partial charge in [0.05, 0.1) is 0 Å². The highest BCUT2D eigenvalue weighted by molar-refractivity contribution is 5.16. The number of benzene rings is 1. The number of hydrogen-bond donors (Lipinski definition) is 1. The van der Waals surface area contributed by atoms with Gasteiger partial charge in [-0.15, -0.1) is 0 Å². The first-order valence-electron chi connectivity index (χ1n) is 7.58. The van der Waals surface area contributed by atoms with Crippen molar-refractivity contribution in [2.45, 2.75) is 33.1 Å². The summed E-state index contributed by atoms with van der Waals surface area (Å²) in [5.74, 6) is 1.06. The quantitative estimate of drug-likeness (QED) is 0.661. The maximum Gasteiger partial charge on any atom is 0.123 e. The number of hydrogen-bond acceptors (Lipinski definition) is 2. The molecule has 0 aliphatic carbocycles. The summed E-state index contributed by atoms with van der Waals surface area (Å²) < 4.78 is 18.6. The zero-order valence-electron chi connectivity index (χ0n) is 13.0. The smallest absolute Gasteiger partial charge is 0.123 e. The van der Waals surface area contributed by atoms with Gasteiger partial charge in [0, 0.05) is 13.2 Å². The summed E-state index contributed by atoms with van der Waals surface area (Å²) >= 11 is 0. The molecule has 1 N–H and O–H groups in total. The maximum atomic E-state index is 12.9. The monoisotopic (exact) mass is 281 g/mol. The normalized spacial score (nSPS) is 12.8. The Morgan fingerprint density at radius 2 is 1.75 bits per heavy atom. The number of halogens is 1. The Kier molecular flexibility index (Phi) is 8.47. The van der Waals surface area contributed by atoms with Gasteiger partial charge in [-0.1, -0.05) is 26.0 Å². The number of ether oxygens (including phenoxy) is 1. The Balaban J connectivity index is 2.30. The van der Waals surface area contributed by atoms with Crippen LogP contribution in [0, 0.1) is 17.7 Å². The Morgan fingerprint density at radius 3 is 2.35 bits per heavy atom. The van der Waals surface area contributed by atoms with Crippen molar-refractivity contribution in [3.05, 3.63) is 35.6 Å². The molecule has 114 valence electrons. The second-order valence-corrected chi connectivity index (χ2v) is 5.84. The van der Waals surface area contributed by atoms with Gasteiger partial charge in [-0.25, -0.2) is 4.39 Å². The van der Waals surface area contributed by atoms with Crippen molar-refractivity contribution in [2.75, 3.05) is 26.8 Å². The maximum absolute atomic E-state index is 12.9. The zero-order valence-corrected chi connectivity index (χ0v) is 13.0. The van der Waals surface area contributed by atoms with Crippen LogP contribution >= 0.6 is 0 Å². The summed E-state index contributed by atoms with van der Waals surface area (Å²) in [6, 6.07) is 6.81. The van der Waals surface area contributed by atoms with E-state index in [1.165, 1.54) is 17.7 Å². The van der Waals surface area contributed by atoms with Crippen LogP contribution in [0.4, 0.5) is 4.39 Å². The van der Waals surface area contributed by atoms with E-state index in [0.29, 0.717) is 11.8 Å². The fourth-order valence-corrected chi connectivity index (χ4v) is 2.19. The van der Waals surface area contributed by atoms with E-state index in [0.717, 1.165) is 39.0 Å². The molecule has 0 saturated carbocycles. The molecule has 1 unspecified atom stereocenters. The first-order chi connectivity index (χ1) is 9.61. The summed E-state index contributed by atoms with van der Waals surface area (Å²) in [5.41, 5.74) is 1.19. The Labute approximate surface area is 122 Å². The third kappa shape index (κ3) is 7.61. The Morgan fingerprint density at radius 1 is 1.10 bits per heavy atom. The van der Waals surface area contributed by atoms with Crippen LogP contribution < -0.4 is 5.32 Å². The molecule has 0 aromatic heterocycles. The van der Waals surface area contributed by atoms with Crippen molar-refractivity contribution in [1.29, 1.82) is 0 Å². The molecule has 0 fully saturated rings. The van der Waals surface area contributed by atoms with Gasteiger partial charge in [0.15, 0.2) is 0 Å². The van der Waals surface area contributed by atoms with Gasteiger partial charge < -0.3 is 10.1 Å². The molecule has 1 aromatic carbocycles. The van der Waals surface area contributed by atoms with E-state index in [4.69, 9.17) is 4.74 Å². The molecule has 3 heteroatoms. The minimum absolute atomic E-state index is 0.170. The topological polar surface area (TPSA) is 21.3 Å². The molecular weight excluding hydrogens is 253 g/mol. The fourth-order valence-electron chi connectivity index (χ4n) is 2.19. The van der Waals surface area contributed by atoms with E-state index < -0.39 is 0 Å². The van der Waals surface area contributed by atoms with E-state index >= 15 is 0 Å².